The van der Waals surface area contributed by atoms with Gasteiger partial charge in [0.15, 0.2) is 11.5 Å². The standard InChI is InChI=1S/C15H26N2O2S/c1-16-13(11-20-9-8-17(2)3)12-6-7-14(18-4)15(10-12)19-5/h6-7,10,13,16H,8-9,11H2,1-5H3. The first-order valence-corrected chi connectivity index (χ1v) is 7.89. The summed E-state index contributed by atoms with van der Waals surface area (Å²) in [6.45, 7) is 1.10. The minimum atomic E-state index is 0.321. The van der Waals surface area contributed by atoms with Crippen molar-refractivity contribution >= 4 is 11.8 Å². The fourth-order valence-corrected chi connectivity index (χ4v) is 3.12. The topological polar surface area (TPSA) is 33.7 Å². The van der Waals surface area contributed by atoms with Crippen LogP contribution in [0.5, 0.6) is 11.5 Å². The number of nitrogens with zero attached hydrogens (tertiary/aromatic N) is 1. The average molecular weight is 298 g/mol. The summed E-state index contributed by atoms with van der Waals surface area (Å²) < 4.78 is 10.6. The van der Waals surface area contributed by atoms with Crippen LogP contribution in [0.4, 0.5) is 0 Å². The van der Waals surface area contributed by atoms with Gasteiger partial charge in [0.05, 0.1) is 14.2 Å². The maximum absolute atomic E-state index is 5.36. The number of methoxy groups -OCH3 is 2. The van der Waals surface area contributed by atoms with E-state index in [1.807, 2.05) is 30.9 Å². The average Bonchev–Trinajstić information content (AvgIpc) is 2.46. The molecule has 1 aromatic carbocycles. The summed E-state index contributed by atoms with van der Waals surface area (Å²) in [4.78, 5) is 2.21. The lowest BCUT2D eigenvalue weighted by molar-refractivity contribution is 0.354. The number of nitrogens with one attached hydrogen (secondary N) is 1. The van der Waals surface area contributed by atoms with Gasteiger partial charge in [0.2, 0.25) is 0 Å². The third-order valence-electron chi connectivity index (χ3n) is 3.13. The molecule has 5 heteroatoms. The Kier molecular flexibility index (Phi) is 7.80. The Bertz CT molecular complexity index is 399. The quantitative estimate of drug-likeness (QED) is 0.707. The zero-order valence-corrected chi connectivity index (χ0v) is 13.9. The highest BCUT2D eigenvalue weighted by molar-refractivity contribution is 7.99. The van der Waals surface area contributed by atoms with Crippen LogP contribution >= 0.6 is 11.8 Å². The summed E-state index contributed by atoms with van der Waals surface area (Å²) in [6.07, 6.45) is 0. The molecular formula is C15H26N2O2S. The third-order valence-corrected chi connectivity index (χ3v) is 4.17. The molecule has 4 nitrogen and oxygen atoms in total. The second-order valence-corrected chi connectivity index (χ2v) is 5.98. The van der Waals surface area contributed by atoms with Gasteiger partial charge in [0.25, 0.3) is 0 Å². The van der Waals surface area contributed by atoms with Crippen molar-refractivity contribution in [3.63, 3.8) is 0 Å². The van der Waals surface area contributed by atoms with E-state index in [4.69, 9.17) is 9.47 Å². The zero-order chi connectivity index (χ0) is 15.0. The van der Waals surface area contributed by atoms with Crippen molar-refractivity contribution in [3.8, 4) is 11.5 Å². The lowest BCUT2D eigenvalue weighted by atomic mass is 10.1. The van der Waals surface area contributed by atoms with E-state index in [0.717, 1.165) is 29.5 Å². The lowest BCUT2D eigenvalue weighted by Gasteiger charge is -2.18. The molecule has 0 spiro atoms. The largest absolute Gasteiger partial charge is 0.493 e. The van der Waals surface area contributed by atoms with E-state index in [2.05, 4.69) is 30.4 Å². The minimum Gasteiger partial charge on any atom is -0.493 e. The molecule has 0 saturated heterocycles. The summed E-state index contributed by atoms with van der Waals surface area (Å²) in [7, 11) is 9.52. The van der Waals surface area contributed by atoms with Gasteiger partial charge in [0.1, 0.15) is 0 Å². The predicted molar refractivity (Wildman–Crippen MR) is 87.2 cm³/mol. The van der Waals surface area contributed by atoms with Crippen LogP contribution < -0.4 is 14.8 Å². The van der Waals surface area contributed by atoms with Crippen molar-refractivity contribution in [2.45, 2.75) is 6.04 Å². The second kappa shape index (κ2) is 9.10. The second-order valence-electron chi connectivity index (χ2n) is 4.83. The Balaban J connectivity index is 2.64. The van der Waals surface area contributed by atoms with Crippen LogP contribution in [0, 0.1) is 0 Å². The third kappa shape index (κ3) is 5.23. The van der Waals surface area contributed by atoms with E-state index in [1.54, 1.807) is 14.2 Å². The summed E-state index contributed by atoms with van der Waals surface area (Å²) >= 11 is 1.96. The molecule has 0 radical (unpaired) electrons. The first kappa shape index (κ1) is 17.1. The van der Waals surface area contributed by atoms with Crippen LogP contribution in [0.1, 0.15) is 11.6 Å². The summed E-state index contributed by atoms with van der Waals surface area (Å²) in [5, 5.41) is 3.36. The van der Waals surface area contributed by atoms with Crippen molar-refractivity contribution in [2.24, 2.45) is 0 Å². The van der Waals surface area contributed by atoms with E-state index in [-0.39, 0.29) is 0 Å². The lowest BCUT2D eigenvalue weighted by Crippen LogP contribution is -2.20. The summed E-state index contributed by atoms with van der Waals surface area (Å²) in [6, 6.07) is 6.42. The van der Waals surface area contributed by atoms with Gasteiger partial charge in [-0.25, -0.2) is 0 Å². The molecule has 0 aliphatic carbocycles. The van der Waals surface area contributed by atoms with Crippen molar-refractivity contribution in [1.82, 2.24) is 10.2 Å². The van der Waals surface area contributed by atoms with E-state index < -0.39 is 0 Å². The molecule has 0 aromatic heterocycles. The number of thioether (sulfide) groups is 1. The van der Waals surface area contributed by atoms with E-state index in [1.165, 1.54) is 5.56 Å². The highest BCUT2D eigenvalue weighted by atomic mass is 32.2. The molecule has 20 heavy (non-hydrogen) atoms. The van der Waals surface area contributed by atoms with Gasteiger partial charge >= 0.3 is 0 Å². The number of benzene rings is 1. The molecule has 0 aliphatic rings. The summed E-state index contributed by atoms with van der Waals surface area (Å²) in [5.74, 6) is 3.73. The van der Waals surface area contributed by atoms with Crippen molar-refractivity contribution in [3.05, 3.63) is 23.8 Å². The smallest absolute Gasteiger partial charge is 0.161 e. The van der Waals surface area contributed by atoms with E-state index in [9.17, 15) is 0 Å². The van der Waals surface area contributed by atoms with Crippen molar-refractivity contribution < 1.29 is 9.47 Å². The van der Waals surface area contributed by atoms with Crippen LogP contribution in [0.15, 0.2) is 18.2 Å². The molecule has 1 aromatic rings. The van der Waals surface area contributed by atoms with E-state index >= 15 is 0 Å². The molecule has 1 unspecified atom stereocenters. The molecule has 1 atom stereocenters. The molecule has 0 aliphatic heterocycles. The van der Waals surface area contributed by atoms with Crippen molar-refractivity contribution in [1.29, 1.82) is 0 Å². The van der Waals surface area contributed by atoms with Gasteiger partial charge < -0.3 is 19.7 Å². The van der Waals surface area contributed by atoms with Crippen LogP contribution in [0.3, 0.4) is 0 Å². The van der Waals surface area contributed by atoms with Gasteiger partial charge in [-0.15, -0.1) is 0 Å². The predicted octanol–water partition coefficient (Wildman–Crippen LogP) is 2.26. The van der Waals surface area contributed by atoms with Crippen LogP contribution in [0.25, 0.3) is 0 Å². The molecule has 0 amide bonds. The molecule has 0 bridgehead atoms. The maximum atomic E-state index is 5.36. The van der Waals surface area contributed by atoms with Gasteiger partial charge in [-0.1, -0.05) is 6.07 Å². The van der Waals surface area contributed by atoms with Crippen LogP contribution in [0.2, 0.25) is 0 Å². The van der Waals surface area contributed by atoms with Crippen molar-refractivity contribution in [2.75, 3.05) is 53.4 Å². The highest BCUT2D eigenvalue weighted by Gasteiger charge is 2.12. The highest BCUT2D eigenvalue weighted by Crippen LogP contribution is 2.30. The van der Waals surface area contributed by atoms with Crippen LogP contribution in [-0.2, 0) is 0 Å². The normalized spacial score (nSPS) is 12.5. The Morgan fingerprint density at radius 2 is 1.90 bits per heavy atom. The van der Waals surface area contributed by atoms with Crippen LogP contribution in [-0.4, -0.2) is 58.3 Å². The number of hydrogen-bond acceptors (Lipinski definition) is 5. The Morgan fingerprint density at radius 3 is 2.45 bits per heavy atom. The number of hydrogen-bond donors (Lipinski definition) is 1. The Labute approximate surface area is 126 Å². The number of ether oxygens (including phenoxy) is 2. The molecule has 0 heterocycles. The number of rotatable bonds is 9. The van der Waals surface area contributed by atoms with Gasteiger partial charge in [-0.2, -0.15) is 11.8 Å². The van der Waals surface area contributed by atoms with Gasteiger partial charge in [0, 0.05) is 24.1 Å². The fraction of sp³-hybridized carbons (Fsp3) is 0.600. The first-order chi connectivity index (χ1) is 9.62. The molecular weight excluding hydrogens is 272 g/mol. The molecule has 0 fully saturated rings. The minimum absolute atomic E-state index is 0.321. The Morgan fingerprint density at radius 1 is 1.20 bits per heavy atom. The first-order valence-electron chi connectivity index (χ1n) is 6.74. The SMILES string of the molecule is CNC(CSCCN(C)C)c1ccc(OC)c(OC)c1. The molecule has 114 valence electrons. The molecule has 1 N–H and O–H groups in total. The molecule has 0 saturated carbocycles. The maximum Gasteiger partial charge on any atom is 0.161 e. The summed E-state index contributed by atoms with van der Waals surface area (Å²) in [5.41, 5.74) is 1.22. The Hall–Kier alpha value is -0.910. The molecule has 1 rings (SSSR count). The van der Waals surface area contributed by atoms with Gasteiger partial charge in [-0.3, -0.25) is 0 Å². The monoisotopic (exact) mass is 298 g/mol. The van der Waals surface area contributed by atoms with Gasteiger partial charge in [-0.05, 0) is 38.8 Å². The van der Waals surface area contributed by atoms with E-state index in [0.29, 0.717) is 6.04 Å². The fourth-order valence-electron chi connectivity index (χ4n) is 1.86. The zero-order valence-electron chi connectivity index (χ0n) is 13.1.